The molecule has 1 saturated carbocycles. The number of hydrogen-bond acceptors (Lipinski definition) is 2. The van der Waals surface area contributed by atoms with Crippen LogP contribution in [0.3, 0.4) is 0 Å². The van der Waals surface area contributed by atoms with Gasteiger partial charge in [-0.2, -0.15) is 0 Å². The predicted molar refractivity (Wildman–Crippen MR) is 89.3 cm³/mol. The zero-order chi connectivity index (χ0) is 14.1. The lowest BCUT2D eigenvalue weighted by atomic mass is 9.85. The maximum absolute atomic E-state index is 3.66. The molecule has 0 radical (unpaired) electrons. The number of hydrogen-bond donors (Lipinski definition) is 1. The van der Waals surface area contributed by atoms with Crippen molar-refractivity contribution in [3.8, 4) is 0 Å². The van der Waals surface area contributed by atoms with Crippen molar-refractivity contribution in [2.24, 2.45) is 5.92 Å². The van der Waals surface area contributed by atoms with Crippen LogP contribution in [0.2, 0.25) is 0 Å². The summed E-state index contributed by atoms with van der Waals surface area (Å²) >= 11 is 3.66. The van der Waals surface area contributed by atoms with E-state index in [0.717, 1.165) is 12.0 Å². The lowest BCUT2D eigenvalue weighted by molar-refractivity contribution is 0.342. The van der Waals surface area contributed by atoms with Crippen molar-refractivity contribution in [1.29, 1.82) is 0 Å². The molecule has 0 bridgehead atoms. The van der Waals surface area contributed by atoms with Crippen LogP contribution in [0, 0.1) is 5.92 Å². The van der Waals surface area contributed by atoms with E-state index in [-0.39, 0.29) is 0 Å². The van der Waals surface area contributed by atoms with Crippen LogP contribution in [0.1, 0.15) is 50.6 Å². The maximum Gasteiger partial charge on any atom is 0.0428 e. The van der Waals surface area contributed by atoms with E-state index in [9.17, 15) is 0 Å². The van der Waals surface area contributed by atoms with Gasteiger partial charge in [0.25, 0.3) is 0 Å². The minimum absolute atomic E-state index is 0.403. The monoisotopic (exact) mass is 336 g/mol. The molecule has 3 unspecified atom stereocenters. The fraction of sp³-hybridized carbons (Fsp3) is 0.647. The quantitative estimate of drug-likeness (QED) is 0.874. The molecule has 2 fully saturated rings. The summed E-state index contributed by atoms with van der Waals surface area (Å²) in [7, 11) is 2.05. The first-order valence-corrected chi connectivity index (χ1v) is 8.73. The summed E-state index contributed by atoms with van der Waals surface area (Å²) in [6, 6.07) is 7.94. The van der Waals surface area contributed by atoms with Crippen molar-refractivity contribution in [2.75, 3.05) is 18.5 Å². The summed E-state index contributed by atoms with van der Waals surface area (Å²) in [4.78, 5) is 2.69. The number of nitrogens with one attached hydrogen (secondary N) is 1. The first-order valence-electron chi connectivity index (χ1n) is 7.94. The fourth-order valence-corrected chi connectivity index (χ4v) is 4.34. The molecule has 1 aliphatic heterocycles. The van der Waals surface area contributed by atoms with Crippen molar-refractivity contribution in [3.63, 3.8) is 0 Å². The molecule has 1 aromatic carbocycles. The van der Waals surface area contributed by atoms with E-state index in [1.165, 1.54) is 54.4 Å². The minimum atomic E-state index is 0.403. The van der Waals surface area contributed by atoms with Crippen molar-refractivity contribution in [1.82, 2.24) is 5.32 Å². The molecule has 3 atom stereocenters. The van der Waals surface area contributed by atoms with Crippen LogP contribution < -0.4 is 10.2 Å². The average Bonchev–Trinajstić information content (AvgIpc) is 2.90. The SMILES string of the molecule is CNC(C)c1ccc(Br)cc1N1CCC2CCCCC21. The van der Waals surface area contributed by atoms with Crippen molar-refractivity contribution < 1.29 is 0 Å². The van der Waals surface area contributed by atoms with E-state index in [1.807, 2.05) is 7.05 Å². The van der Waals surface area contributed by atoms with Crippen molar-refractivity contribution in [3.05, 3.63) is 28.2 Å². The molecule has 0 amide bonds. The fourth-order valence-electron chi connectivity index (χ4n) is 3.99. The van der Waals surface area contributed by atoms with Crippen LogP contribution in [0.5, 0.6) is 0 Å². The minimum Gasteiger partial charge on any atom is -0.368 e. The molecule has 3 heteroatoms. The van der Waals surface area contributed by atoms with Crippen molar-refractivity contribution in [2.45, 2.75) is 51.1 Å². The summed E-state index contributed by atoms with van der Waals surface area (Å²) < 4.78 is 1.19. The van der Waals surface area contributed by atoms with E-state index in [4.69, 9.17) is 0 Å². The second kappa shape index (κ2) is 6.07. The molecule has 0 spiro atoms. The van der Waals surface area contributed by atoms with Gasteiger partial charge in [0, 0.05) is 28.8 Å². The third kappa shape index (κ3) is 2.62. The molecular weight excluding hydrogens is 312 g/mol. The number of nitrogens with zero attached hydrogens (tertiary/aromatic N) is 1. The molecule has 1 aromatic rings. The van der Waals surface area contributed by atoms with E-state index in [2.05, 4.69) is 51.3 Å². The standard InChI is InChI=1S/C17H25BrN2/c1-12(19-2)15-8-7-14(18)11-17(15)20-10-9-13-5-3-4-6-16(13)20/h7-8,11-13,16,19H,3-6,9-10H2,1-2H3. The highest BCUT2D eigenvalue weighted by Crippen LogP contribution is 2.41. The summed E-state index contributed by atoms with van der Waals surface area (Å²) in [5.41, 5.74) is 2.87. The van der Waals surface area contributed by atoms with Crippen LogP contribution >= 0.6 is 15.9 Å². The first kappa shape index (κ1) is 14.4. The van der Waals surface area contributed by atoms with Gasteiger partial charge < -0.3 is 10.2 Å². The highest BCUT2D eigenvalue weighted by molar-refractivity contribution is 9.10. The van der Waals surface area contributed by atoms with E-state index >= 15 is 0 Å². The third-order valence-electron chi connectivity index (χ3n) is 5.21. The Morgan fingerprint density at radius 2 is 2.05 bits per heavy atom. The Bertz CT molecular complexity index is 474. The van der Waals surface area contributed by atoms with Crippen LogP contribution in [0.4, 0.5) is 5.69 Å². The van der Waals surface area contributed by atoms with Gasteiger partial charge in [-0.1, -0.05) is 34.8 Å². The Labute approximate surface area is 131 Å². The lowest BCUT2D eigenvalue weighted by Crippen LogP contribution is -2.35. The largest absolute Gasteiger partial charge is 0.368 e. The van der Waals surface area contributed by atoms with Crippen LogP contribution in [0.15, 0.2) is 22.7 Å². The molecule has 2 nitrogen and oxygen atoms in total. The normalized spacial score (nSPS) is 27.4. The van der Waals surface area contributed by atoms with Crippen molar-refractivity contribution >= 4 is 21.6 Å². The molecule has 2 aliphatic rings. The Morgan fingerprint density at radius 3 is 2.85 bits per heavy atom. The second-order valence-electron chi connectivity index (χ2n) is 6.31. The topological polar surface area (TPSA) is 15.3 Å². The van der Waals surface area contributed by atoms with Crippen LogP contribution in [-0.4, -0.2) is 19.6 Å². The average molecular weight is 337 g/mol. The summed E-state index contributed by atoms with van der Waals surface area (Å²) in [5, 5.41) is 3.39. The van der Waals surface area contributed by atoms with Gasteiger partial charge in [-0.3, -0.25) is 0 Å². The number of rotatable bonds is 3. The molecule has 20 heavy (non-hydrogen) atoms. The zero-order valence-electron chi connectivity index (χ0n) is 12.5. The molecule has 1 heterocycles. The molecule has 0 aromatic heterocycles. The Kier molecular flexibility index (Phi) is 4.37. The highest BCUT2D eigenvalue weighted by Gasteiger charge is 2.36. The Hall–Kier alpha value is -0.540. The number of fused-ring (bicyclic) bond motifs is 1. The van der Waals surface area contributed by atoms with E-state index in [1.54, 1.807) is 0 Å². The number of benzene rings is 1. The molecule has 1 N–H and O–H groups in total. The van der Waals surface area contributed by atoms with Gasteiger partial charge in [0.1, 0.15) is 0 Å². The third-order valence-corrected chi connectivity index (χ3v) is 5.70. The highest BCUT2D eigenvalue weighted by atomic mass is 79.9. The molecule has 1 aliphatic carbocycles. The smallest absolute Gasteiger partial charge is 0.0428 e. The van der Waals surface area contributed by atoms with Gasteiger partial charge in [-0.25, -0.2) is 0 Å². The van der Waals surface area contributed by atoms with Gasteiger partial charge in [0.2, 0.25) is 0 Å². The Balaban J connectivity index is 1.94. The zero-order valence-corrected chi connectivity index (χ0v) is 14.1. The summed E-state index contributed by atoms with van der Waals surface area (Å²) in [6.07, 6.45) is 7.04. The molecule has 3 rings (SSSR count). The van der Waals surface area contributed by atoms with E-state index < -0.39 is 0 Å². The maximum atomic E-state index is 3.66. The number of anilines is 1. The molecular formula is C17H25BrN2. The number of halogens is 1. The van der Waals surface area contributed by atoms with Gasteiger partial charge >= 0.3 is 0 Å². The first-order chi connectivity index (χ1) is 9.70. The Morgan fingerprint density at radius 1 is 1.25 bits per heavy atom. The van der Waals surface area contributed by atoms with Gasteiger partial charge in [0.15, 0.2) is 0 Å². The summed E-state index contributed by atoms with van der Waals surface area (Å²) in [5.74, 6) is 0.931. The predicted octanol–water partition coefficient (Wildman–Crippen LogP) is 4.50. The van der Waals surface area contributed by atoms with Crippen LogP contribution in [-0.2, 0) is 0 Å². The molecule has 110 valence electrons. The second-order valence-corrected chi connectivity index (χ2v) is 7.22. The summed E-state index contributed by atoms with van der Waals surface area (Å²) in [6.45, 7) is 3.48. The van der Waals surface area contributed by atoms with Gasteiger partial charge in [-0.15, -0.1) is 0 Å². The molecule has 1 saturated heterocycles. The lowest BCUT2D eigenvalue weighted by Gasteiger charge is -2.35. The van der Waals surface area contributed by atoms with Gasteiger partial charge in [-0.05, 0) is 56.8 Å². The van der Waals surface area contributed by atoms with E-state index in [0.29, 0.717) is 6.04 Å². The van der Waals surface area contributed by atoms with Gasteiger partial charge in [0.05, 0.1) is 0 Å². The van der Waals surface area contributed by atoms with Crippen LogP contribution in [0.25, 0.3) is 0 Å².